The molecule has 0 saturated heterocycles. The van der Waals surface area contributed by atoms with Crippen LogP contribution in [-0.4, -0.2) is 12.1 Å². The van der Waals surface area contributed by atoms with Gasteiger partial charge in [0.05, 0.1) is 0 Å². The van der Waals surface area contributed by atoms with Crippen molar-refractivity contribution < 1.29 is 4.79 Å². The molecule has 0 spiro atoms. The summed E-state index contributed by atoms with van der Waals surface area (Å²) in [5, 5.41) is 0. The fourth-order valence-electron chi connectivity index (χ4n) is 0.311. The molecule has 1 amide bonds. The molecule has 2 heteroatoms. The molecule has 0 heterocycles. The summed E-state index contributed by atoms with van der Waals surface area (Å²) in [6, 6.07) is 0. The highest BCUT2D eigenvalue weighted by Gasteiger charge is 2.19. The Kier molecular flexibility index (Phi) is 2.56. The van der Waals surface area contributed by atoms with E-state index in [4.69, 9.17) is 0 Å². The first-order valence-corrected chi connectivity index (χ1v) is 3.01. The molecule has 0 bridgehead atoms. The van der Waals surface area contributed by atoms with Crippen molar-refractivity contribution in [1.82, 2.24) is 0 Å². The third-order valence-corrected chi connectivity index (χ3v) is 0.888. The van der Waals surface area contributed by atoms with Crippen LogP contribution in [0.4, 0.5) is 0 Å². The van der Waals surface area contributed by atoms with Gasteiger partial charge in [-0.2, -0.15) is 0 Å². The zero-order valence-electron chi connectivity index (χ0n) is 6.43. The van der Waals surface area contributed by atoms with Gasteiger partial charge in [-0.1, -0.05) is 20.8 Å². The molecule has 0 atom stereocenters. The number of aliphatic imine (C=N–C) groups is 1. The molecule has 0 aliphatic carbocycles. The Morgan fingerprint density at radius 3 is 2.00 bits per heavy atom. The lowest BCUT2D eigenvalue weighted by Gasteiger charge is -2.11. The molecule has 0 N–H and O–H groups in total. The molecule has 0 aromatic carbocycles. The number of amides is 1. The van der Waals surface area contributed by atoms with Gasteiger partial charge in [0.25, 0.3) is 5.91 Å². The molecule has 2 nitrogen and oxygen atoms in total. The van der Waals surface area contributed by atoms with Gasteiger partial charge in [0.15, 0.2) is 0 Å². The summed E-state index contributed by atoms with van der Waals surface area (Å²) in [7, 11) is 0. The number of hydrogen-bond donors (Lipinski definition) is 0. The molecule has 0 aromatic heterocycles. The van der Waals surface area contributed by atoms with Gasteiger partial charge >= 0.3 is 0 Å². The van der Waals surface area contributed by atoms with E-state index in [1.54, 1.807) is 6.92 Å². The van der Waals surface area contributed by atoms with Crippen LogP contribution in [-0.2, 0) is 4.79 Å². The second-order valence-corrected chi connectivity index (χ2v) is 2.94. The zero-order chi connectivity index (χ0) is 7.49. The minimum Gasteiger partial charge on any atom is -0.272 e. The quantitative estimate of drug-likeness (QED) is 0.455. The van der Waals surface area contributed by atoms with Crippen molar-refractivity contribution in [2.24, 2.45) is 10.4 Å². The number of carbonyl (C=O) groups excluding carboxylic acids is 1. The van der Waals surface area contributed by atoms with Crippen molar-refractivity contribution in [2.75, 3.05) is 0 Å². The van der Waals surface area contributed by atoms with Gasteiger partial charge in [-0.3, -0.25) is 4.79 Å². The van der Waals surface area contributed by atoms with Crippen LogP contribution in [0.2, 0.25) is 0 Å². The summed E-state index contributed by atoms with van der Waals surface area (Å²) in [4.78, 5) is 14.5. The van der Waals surface area contributed by atoms with E-state index in [2.05, 4.69) is 4.99 Å². The fourth-order valence-corrected chi connectivity index (χ4v) is 0.311. The maximum Gasteiger partial charge on any atom is 0.250 e. The molecule has 0 fully saturated rings. The Morgan fingerprint density at radius 1 is 1.44 bits per heavy atom. The standard InChI is InChI=1S/C7H13NO/c1-5-8-6(9)7(2,3)4/h5H,1-4H3. The van der Waals surface area contributed by atoms with Crippen molar-refractivity contribution in [1.29, 1.82) is 0 Å². The van der Waals surface area contributed by atoms with Crippen LogP contribution in [0.15, 0.2) is 4.99 Å². The first-order valence-electron chi connectivity index (χ1n) is 3.01. The van der Waals surface area contributed by atoms with E-state index < -0.39 is 0 Å². The highest BCUT2D eigenvalue weighted by Crippen LogP contribution is 2.14. The van der Waals surface area contributed by atoms with Gasteiger partial charge < -0.3 is 0 Å². The highest BCUT2D eigenvalue weighted by molar-refractivity contribution is 5.88. The molecule has 52 valence electrons. The smallest absolute Gasteiger partial charge is 0.250 e. The molecule has 0 saturated carbocycles. The SMILES string of the molecule is CC=NC(=O)C(C)(C)C. The maximum atomic E-state index is 10.9. The summed E-state index contributed by atoms with van der Waals surface area (Å²) in [6.45, 7) is 7.29. The summed E-state index contributed by atoms with van der Waals surface area (Å²) in [5.41, 5.74) is -0.327. The van der Waals surface area contributed by atoms with E-state index in [0.717, 1.165) is 0 Å². The number of hydrogen-bond acceptors (Lipinski definition) is 1. The van der Waals surface area contributed by atoms with Crippen LogP contribution >= 0.6 is 0 Å². The van der Waals surface area contributed by atoms with Crippen molar-refractivity contribution in [2.45, 2.75) is 27.7 Å². The highest BCUT2D eigenvalue weighted by atomic mass is 16.1. The van der Waals surface area contributed by atoms with E-state index in [9.17, 15) is 4.79 Å². The second kappa shape index (κ2) is 2.76. The monoisotopic (exact) mass is 127 g/mol. The van der Waals surface area contributed by atoms with Crippen LogP contribution in [0.1, 0.15) is 27.7 Å². The average Bonchev–Trinajstić information content (AvgIpc) is 1.64. The number of carbonyl (C=O) groups is 1. The Balaban J connectivity index is 4.06. The van der Waals surface area contributed by atoms with Crippen molar-refractivity contribution >= 4 is 12.1 Å². The third kappa shape index (κ3) is 3.01. The fraction of sp³-hybridized carbons (Fsp3) is 0.714. The lowest BCUT2D eigenvalue weighted by atomic mass is 9.96. The van der Waals surface area contributed by atoms with Gasteiger partial charge in [-0.25, -0.2) is 4.99 Å². The van der Waals surface area contributed by atoms with Gasteiger partial charge in [-0.05, 0) is 6.92 Å². The van der Waals surface area contributed by atoms with Crippen molar-refractivity contribution in [3.05, 3.63) is 0 Å². The van der Waals surface area contributed by atoms with Crippen LogP contribution in [0, 0.1) is 5.41 Å². The van der Waals surface area contributed by atoms with Crippen molar-refractivity contribution in [3.8, 4) is 0 Å². The Morgan fingerprint density at radius 2 is 1.89 bits per heavy atom. The van der Waals surface area contributed by atoms with Crippen LogP contribution in [0.25, 0.3) is 0 Å². The minimum absolute atomic E-state index is 0.0648. The number of nitrogens with zero attached hydrogens (tertiary/aromatic N) is 1. The van der Waals surface area contributed by atoms with E-state index in [-0.39, 0.29) is 11.3 Å². The van der Waals surface area contributed by atoms with Crippen LogP contribution < -0.4 is 0 Å². The Hall–Kier alpha value is -0.660. The second-order valence-electron chi connectivity index (χ2n) is 2.94. The first-order chi connectivity index (χ1) is 3.98. The summed E-state index contributed by atoms with van der Waals surface area (Å²) in [5.74, 6) is -0.0648. The number of rotatable bonds is 0. The van der Waals surface area contributed by atoms with Gasteiger partial charge in [-0.15, -0.1) is 0 Å². The third-order valence-electron chi connectivity index (χ3n) is 0.888. The van der Waals surface area contributed by atoms with Gasteiger partial charge in [0.2, 0.25) is 0 Å². The van der Waals surface area contributed by atoms with E-state index in [1.165, 1.54) is 6.21 Å². The van der Waals surface area contributed by atoms with Crippen LogP contribution in [0.3, 0.4) is 0 Å². The van der Waals surface area contributed by atoms with E-state index in [0.29, 0.717) is 0 Å². The largest absolute Gasteiger partial charge is 0.272 e. The lowest BCUT2D eigenvalue weighted by Crippen LogP contribution is -2.17. The molecule has 0 aliphatic rings. The summed E-state index contributed by atoms with van der Waals surface area (Å²) >= 11 is 0. The molecule has 0 aliphatic heterocycles. The van der Waals surface area contributed by atoms with Crippen LogP contribution in [0.5, 0.6) is 0 Å². The molecule has 0 unspecified atom stereocenters. The molecule has 9 heavy (non-hydrogen) atoms. The molecular formula is C7H13NO. The van der Waals surface area contributed by atoms with E-state index >= 15 is 0 Å². The van der Waals surface area contributed by atoms with Gasteiger partial charge in [0, 0.05) is 11.6 Å². The predicted octanol–water partition coefficient (Wildman–Crippen LogP) is 1.65. The maximum absolute atomic E-state index is 10.9. The van der Waals surface area contributed by atoms with Crippen molar-refractivity contribution in [3.63, 3.8) is 0 Å². The normalized spacial score (nSPS) is 12.4. The Bertz CT molecular complexity index is 130. The molecule has 0 radical (unpaired) electrons. The summed E-state index contributed by atoms with van der Waals surface area (Å²) < 4.78 is 0. The summed E-state index contributed by atoms with van der Waals surface area (Å²) in [6.07, 6.45) is 1.52. The first kappa shape index (κ1) is 8.34. The zero-order valence-corrected chi connectivity index (χ0v) is 6.43. The Labute approximate surface area is 56.0 Å². The van der Waals surface area contributed by atoms with Gasteiger partial charge in [0.1, 0.15) is 0 Å². The topological polar surface area (TPSA) is 29.4 Å². The minimum atomic E-state index is -0.327. The van der Waals surface area contributed by atoms with E-state index in [1.807, 2.05) is 20.8 Å². The molecular weight excluding hydrogens is 114 g/mol. The molecule has 0 aromatic rings. The predicted molar refractivity (Wildman–Crippen MR) is 38.6 cm³/mol. The lowest BCUT2D eigenvalue weighted by molar-refractivity contribution is -0.124. The average molecular weight is 127 g/mol. The molecule has 0 rings (SSSR count).